The summed E-state index contributed by atoms with van der Waals surface area (Å²) in [6.07, 6.45) is -0.348. The summed E-state index contributed by atoms with van der Waals surface area (Å²) >= 11 is 0. The van der Waals surface area contributed by atoms with E-state index in [1.807, 2.05) is 59.7 Å². The number of rotatable bonds is 3. The first kappa shape index (κ1) is 17.6. The maximum atomic E-state index is 12.4. The van der Waals surface area contributed by atoms with E-state index in [0.29, 0.717) is 25.5 Å². The lowest BCUT2D eigenvalue weighted by molar-refractivity contribution is -0.0141. The molecule has 128 valence electrons. The van der Waals surface area contributed by atoms with Crippen molar-refractivity contribution in [3.05, 3.63) is 23.8 Å². The highest BCUT2D eigenvalue weighted by molar-refractivity contribution is 5.90. The van der Waals surface area contributed by atoms with Crippen LogP contribution in [0.1, 0.15) is 47.1 Å². The van der Waals surface area contributed by atoms with Gasteiger partial charge in [-0.05, 0) is 59.2 Å². The number of carbonyl (C=O) groups is 1. The predicted molar refractivity (Wildman–Crippen MR) is 90.2 cm³/mol. The highest BCUT2D eigenvalue weighted by Gasteiger charge is 2.30. The summed E-state index contributed by atoms with van der Waals surface area (Å²) in [5, 5.41) is 0. The molecule has 1 amide bonds. The third kappa shape index (κ3) is 4.16. The van der Waals surface area contributed by atoms with E-state index in [9.17, 15) is 4.79 Å². The second-order valence-corrected chi connectivity index (χ2v) is 7.11. The average Bonchev–Trinajstić information content (AvgIpc) is 2.44. The molecule has 1 heterocycles. The summed E-state index contributed by atoms with van der Waals surface area (Å²) in [4.78, 5) is 14.0. The molecule has 0 saturated heterocycles. The van der Waals surface area contributed by atoms with Crippen molar-refractivity contribution in [2.24, 2.45) is 0 Å². The molecule has 0 unspecified atom stereocenters. The molecule has 2 rings (SSSR count). The van der Waals surface area contributed by atoms with Gasteiger partial charge in [0.25, 0.3) is 0 Å². The van der Waals surface area contributed by atoms with Crippen molar-refractivity contribution in [3.8, 4) is 5.75 Å². The van der Waals surface area contributed by atoms with E-state index in [0.717, 1.165) is 11.3 Å². The first-order chi connectivity index (χ1) is 10.6. The molecule has 1 aliphatic rings. The van der Waals surface area contributed by atoms with Gasteiger partial charge in [-0.2, -0.15) is 0 Å². The van der Waals surface area contributed by atoms with Crippen LogP contribution in [0, 0.1) is 0 Å². The van der Waals surface area contributed by atoms with Crippen LogP contribution >= 0.6 is 0 Å². The minimum absolute atomic E-state index is 0.348. The number of ether oxygens (including phenoxy) is 3. The third-order valence-corrected chi connectivity index (χ3v) is 3.64. The van der Waals surface area contributed by atoms with E-state index in [1.165, 1.54) is 0 Å². The molecule has 0 aromatic heterocycles. The zero-order valence-electron chi connectivity index (χ0n) is 14.9. The number of nitrogens with zero attached hydrogens (tertiary/aromatic N) is 1. The minimum atomic E-state index is -0.521. The Bertz CT molecular complexity index is 575. The fraction of sp³-hybridized carbons (Fsp3) is 0.611. The average molecular weight is 321 g/mol. The molecule has 0 saturated carbocycles. The van der Waals surface area contributed by atoms with Crippen LogP contribution in [-0.4, -0.2) is 31.5 Å². The van der Waals surface area contributed by atoms with Crippen molar-refractivity contribution in [1.82, 2.24) is 0 Å². The molecule has 1 aliphatic heterocycles. The molecule has 5 nitrogen and oxygen atoms in total. The summed E-state index contributed by atoms with van der Waals surface area (Å²) in [7, 11) is 0. The molecular weight excluding hydrogens is 294 g/mol. The summed E-state index contributed by atoms with van der Waals surface area (Å²) in [5.41, 5.74) is 0.832. The lowest BCUT2D eigenvalue weighted by atomic mass is 9.97. The molecular formula is C18H27NO4. The van der Waals surface area contributed by atoms with Gasteiger partial charge in [0.1, 0.15) is 18.0 Å². The molecule has 0 spiro atoms. The highest BCUT2D eigenvalue weighted by atomic mass is 16.6. The SMILES string of the molecule is CCOC(C)(C)c1ccc2c(c1)OCCN2C(=O)OC(C)(C)C. The molecule has 23 heavy (non-hydrogen) atoms. The maximum Gasteiger partial charge on any atom is 0.415 e. The first-order valence-corrected chi connectivity index (χ1v) is 8.06. The molecule has 0 fully saturated rings. The smallest absolute Gasteiger partial charge is 0.415 e. The fourth-order valence-corrected chi connectivity index (χ4v) is 2.55. The van der Waals surface area contributed by atoms with E-state index in [-0.39, 0.29) is 6.09 Å². The quantitative estimate of drug-likeness (QED) is 0.841. The summed E-state index contributed by atoms with van der Waals surface area (Å²) in [5.74, 6) is 0.687. The van der Waals surface area contributed by atoms with E-state index in [2.05, 4.69) is 0 Å². The van der Waals surface area contributed by atoms with Crippen LogP contribution < -0.4 is 9.64 Å². The van der Waals surface area contributed by atoms with Gasteiger partial charge in [0.15, 0.2) is 0 Å². The number of amides is 1. The van der Waals surface area contributed by atoms with Gasteiger partial charge in [-0.3, -0.25) is 4.90 Å². The minimum Gasteiger partial charge on any atom is -0.490 e. The number of hydrogen-bond acceptors (Lipinski definition) is 4. The summed E-state index contributed by atoms with van der Waals surface area (Å²) < 4.78 is 17.0. The summed E-state index contributed by atoms with van der Waals surface area (Å²) in [6, 6.07) is 5.82. The fourth-order valence-electron chi connectivity index (χ4n) is 2.55. The number of carbonyl (C=O) groups excluding carboxylic acids is 1. The van der Waals surface area contributed by atoms with Gasteiger partial charge in [-0.1, -0.05) is 6.07 Å². The number of fused-ring (bicyclic) bond motifs is 1. The van der Waals surface area contributed by atoms with Crippen LogP contribution in [-0.2, 0) is 15.1 Å². The second-order valence-electron chi connectivity index (χ2n) is 7.11. The van der Waals surface area contributed by atoms with Gasteiger partial charge in [0.05, 0.1) is 17.8 Å². The van der Waals surface area contributed by atoms with Gasteiger partial charge in [0, 0.05) is 6.61 Å². The Labute approximate surface area is 138 Å². The van der Waals surface area contributed by atoms with Crippen LogP contribution in [0.15, 0.2) is 18.2 Å². The van der Waals surface area contributed by atoms with Crippen molar-refractivity contribution >= 4 is 11.8 Å². The monoisotopic (exact) mass is 321 g/mol. The lowest BCUT2D eigenvalue weighted by Gasteiger charge is -2.33. The van der Waals surface area contributed by atoms with E-state index < -0.39 is 11.2 Å². The number of benzene rings is 1. The lowest BCUT2D eigenvalue weighted by Crippen LogP contribution is -2.41. The molecule has 0 aliphatic carbocycles. The third-order valence-electron chi connectivity index (χ3n) is 3.64. The van der Waals surface area contributed by atoms with Crippen molar-refractivity contribution in [2.75, 3.05) is 24.7 Å². The van der Waals surface area contributed by atoms with Crippen molar-refractivity contribution in [3.63, 3.8) is 0 Å². The summed E-state index contributed by atoms with van der Waals surface area (Å²) in [6.45, 7) is 13.2. The van der Waals surface area contributed by atoms with Crippen LogP contribution in [0.25, 0.3) is 0 Å². The van der Waals surface area contributed by atoms with E-state index >= 15 is 0 Å². The zero-order chi connectivity index (χ0) is 17.3. The first-order valence-electron chi connectivity index (χ1n) is 8.06. The van der Waals surface area contributed by atoms with Gasteiger partial charge in [0.2, 0.25) is 0 Å². The Morgan fingerprint density at radius 2 is 1.96 bits per heavy atom. The topological polar surface area (TPSA) is 48.0 Å². The van der Waals surface area contributed by atoms with Crippen LogP contribution in [0.2, 0.25) is 0 Å². The van der Waals surface area contributed by atoms with Crippen LogP contribution in [0.4, 0.5) is 10.5 Å². The van der Waals surface area contributed by atoms with Gasteiger partial charge >= 0.3 is 6.09 Å². The Hall–Kier alpha value is -1.75. The highest BCUT2D eigenvalue weighted by Crippen LogP contribution is 2.37. The standard InChI is InChI=1S/C18H27NO4/c1-7-22-18(5,6)13-8-9-14-15(12-13)21-11-10-19(14)16(20)23-17(2,3)4/h8-9,12H,7,10-11H2,1-6H3. The Kier molecular flexibility index (Phi) is 4.90. The maximum absolute atomic E-state index is 12.4. The largest absolute Gasteiger partial charge is 0.490 e. The Morgan fingerprint density at radius 3 is 2.57 bits per heavy atom. The molecule has 5 heteroatoms. The van der Waals surface area contributed by atoms with Crippen LogP contribution in [0.5, 0.6) is 5.75 Å². The van der Waals surface area contributed by atoms with Crippen molar-refractivity contribution in [2.45, 2.75) is 52.7 Å². The van der Waals surface area contributed by atoms with E-state index in [4.69, 9.17) is 14.2 Å². The molecule has 1 aromatic rings. The number of anilines is 1. The van der Waals surface area contributed by atoms with Crippen molar-refractivity contribution in [1.29, 1.82) is 0 Å². The van der Waals surface area contributed by atoms with E-state index in [1.54, 1.807) is 4.90 Å². The Balaban J connectivity index is 2.28. The van der Waals surface area contributed by atoms with Gasteiger partial charge in [-0.25, -0.2) is 4.79 Å². The second kappa shape index (κ2) is 6.40. The number of hydrogen-bond donors (Lipinski definition) is 0. The van der Waals surface area contributed by atoms with Crippen molar-refractivity contribution < 1.29 is 19.0 Å². The molecule has 1 aromatic carbocycles. The molecule has 0 N–H and O–H groups in total. The molecule has 0 atom stereocenters. The van der Waals surface area contributed by atoms with Crippen LogP contribution in [0.3, 0.4) is 0 Å². The normalized spacial score (nSPS) is 15.0. The zero-order valence-corrected chi connectivity index (χ0v) is 14.9. The van der Waals surface area contributed by atoms with Gasteiger partial charge < -0.3 is 14.2 Å². The molecule has 0 bridgehead atoms. The van der Waals surface area contributed by atoms with Gasteiger partial charge in [-0.15, -0.1) is 0 Å². The predicted octanol–water partition coefficient (Wildman–Crippen LogP) is 4.09. The molecule has 0 radical (unpaired) electrons. The Morgan fingerprint density at radius 1 is 1.26 bits per heavy atom.